The van der Waals surface area contributed by atoms with Gasteiger partial charge in [0.05, 0.1) is 0 Å². The zero-order valence-electron chi connectivity index (χ0n) is 8.59. The summed E-state index contributed by atoms with van der Waals surface area (Å²) in [7, 11) is 0. The second-order valence-corrected chi connectivity index (χ2v) is 4.25. The van der Waals surface area contributed by atoms with Gasteiger partial charge in [-0.2, -0.15) is 0 Å². The minimum absolute atomic E-state index is 0.721. The van der Waals surface area contributed by atoms with Crippen molar-refractivity contribution < 1.29 is 0 Å². The zero-order valence-corrected chi connectivity index (χ0v) is 8.59. The van der Waals surface area contributed by atoms with Crippen molar-refractivity contribution in [1.82, 2.24) is 0 Å². The van der Waals surface area contributed by atoms with Crippen LogP contribution in [0.2, 0.25) is 0 Å². The Morgan fingerprint density at radius 3 is 2.77 bits per heavy atom. The lowest BCUT2D eigenvalue weighted by molar-refractivity contribution is 0.732. The molecule has 0 heteroatoms. The van der Waals surface area contributed by atoms with E-state index >= 15 is 0 Å². The van der Waals surface area contributed by atoms with E-state index in [-0.39, 0.29) is 0 Å². The first-order chi connectivity index (χ1) is 6.31. The van der Waals surface area contributed by atoms with E-state index in [1.807, 2.05) is 0 Å². The predicted molar refractivity (Wildman–Crippen MR) is 57.1 cm³/mol. The molecular formula is C13H18. The molecule has 0 radical (unpaired) electrons. The monoisotopic (exact) mass is 174 g/mol. The highest BCUT2D eigenvalue weighted by Crippen LogP contribution is 2.40. The van der Waals surface area contributed by atoms with Crippen LogP contribution in [-0.4, -0.2) is 0 Å². The van der Waals surface area contributed by atoms with Crippen LogP contribution < -0.4 is 0 Å². The molecule has 0 aromatic heterocycles. The van der Waals surface area contributed by atoms with Crippen molar-refractivity contribution >= 4 is 0 Å². The summed E-state index contributed by atoms with van der Waals surface area (Å²) in [6.07, 6.45) is 4.06. The Morgan fingerprint density at radius 1 is 1.38 bits per heavy atom. The summed E-state index contributed by atoms with van der Waals surface area (Å²) in [5.41, 5.74) is 3.09. The van der Waals surface area contributed by atoms with Gasteiger partial charge in [0.1, 0.15) is 0 Å². The molecule has 13 heavy (non-hydrogen) atoms. The fourth-order valence-corrected chi connectivity index (χ4v) is 1.77. The molecule has 0 heterocycles. The third-order valence-electron chi connectivity index (χ3n) is 3.14. The van der Waals surface area contributed by atoms with Crippen molar-refractivity contribution in [2.24, 2.45) is 0 Å². The summed E-state index contributed by atoms with van der Waals surface area (Å²) < 4.78 is 0. The minimum atomic E-state index is 0.721. The van der Waals surface area contributed by atoms with Crippen molar-refractivity contribution in [3.05, 3.63) is 35.4 Å². The molecule has 70 valence electrons. The number of hydrogen-bond donors (Lipinski definition) is 0. The van der Waals surface area contributed by atoms with Crippen LogP contribution in [0.5, 0.6) is 0 Å². The molecule has 1 atom stereocenters. The zero-order chi connectivity index (χ0) is 9.26. The van der Waals surface area contributed by atoms with E-state index in [9.17, 15) is 0 Å². The molecule has 0 amide bonds. The number of benzene rings is 1. The van der Waals surface area contributed by atoms with E-state index in [1.165, 1.54) is 24.8 Å². The van der Waals surface area contributed by atoms with Gasteiger partial charge in [0.2, 0.25) is 0 Å². The van der Waals surface area contributed by atoms with Crippen molar-refractivity contribution in [3.63, 3.8) is 0 Å². The lowest BCUT2D eigenvalue weighted by Gasteiger charge is -2.10. The summed E-state index contributed by atoms with van der Waals surface area (Å²) in [5, 5.41) is 0. The third-order valence-corrected chi connectivity index (χ3v) is 3.14. The molecule has 0 saturated heterocycles. The highest BCUT2D eigenvalue weighted by atomic mass is 14.3. The van der Waals surface area contributed by atoms with Crippen LogP contribution in [0.4, 0.5) is 0 Å². The van der Waals surface area contributed by atoms with Gasteiger partial charge in [-0.1, -0.05) is 38.1 Å². The van der Waals surface area contributed by atoms with Crippen LogP contribution in [0, 0.1) is 0 Å². The normalized spacial score (nSPS) is 18.6. The fraction of sp³-hybridized carbons (Fsp3) is 0.538. The maximum atomic E-state index is 2.41. The van der Waals surface area contributed by atoms with Gasteiger partial charge in [-0.05, 0) is 42.2 Å². The van der Waals surface area contributed by atoms with Gasteiger partial charge in [0, 0.05) is 0 Å². The summed E-state index contributed by atoms with van der Waals surface area (Å²) in [4.78, 5) is 0. The number of rotatable bonds is 3. The van der Waals surface area contributed by atoms with E-state index in [0.29, 0.717) is 0 Å². The summed E-state index contributed by atoms with van der Waals surface area (Å²) in [5.74, 6) is 1.61. The van der Waals surface area contributed by atoms with Gasteiger partial charge in [-0.15, -0.1) is 0 Å². The van der Waals surface area contributed by atoms with Crippen LogP contribution in [0.15, 0.2) is 24.3 Å². The van der Waals surface area contributed by atoms with Gasteiger partial charge >= 0.3 is 0 Å². The summed E-state index contributed by atoms with van der Waals surface area (Å²) in [6, 6.07) is 9.17. The Kier molecular flexibility index (Phi) is 2.39. The molecule has 1 aliphatic carbocycles. The van der Waals surface area contributed by atoms with Crippen molar-refractivity contribution in [1.29, 1.82) is 0 Å². The molecule has 1 fully saturated rings. The van der Waals surface area contributed by atoms with Gasteiger partial charge in [0.15, 0.2) is 0 Å². The van der Waals surface area contributed by atoms with Crippen LogP contribution in [0.1, 0.15) is 56.1 Å². The molecule has 0 aliphatic heterocycles. The molecule has 1 aromatic rings. The topological polar surface area (TPSA) is 0 Å². The second-order valence-electron chi connectivity index (χ2n) is 4.25. The minimum Gasteiger partial charge on any atom is -0.0648 e. The fourth-order valence-electron chi connectivity index (χ4n) is 1.77. The molecule has 1 aromatic carbocycles. The molecule has 1 saturated carbocycles. The van der Waals surface area contributed by atoms with Crippen LogP contribution in [0.25, 0.3) is 0 Å². The van der Waals surface area contributed by atoms with E-state index in [0.717, 1.165) is 11.8 Å². The van der Waals surface area contributed by atoms with E-state index in [1.54, 1.807) is 5.56 Å². The average molecular weight is 174 g/mol. The van der Waals surface area contributed by atoms with Gasteiger partial charge in [0.25, 0.3) is 0 Å². The van der Waals surface area contributed by atoms with Crippen LogP contribution >= 0.6 is 0 Å². The molecule has 2 rings (SSSR count). The molecule has 0 N–H and O–H groups in total. The Bertz CT molecular complexity index is 284. The van der Waals surface area contributed by atoms with E-state index < -0.39 is 0 Å². The second kappa shape index (κ2) is 3.53. The lowest BCUT2D eigenvalue weighted by Crippen LogP contribution is -1.92. The van der Waals surface area contributed by atoms with Crippen molar-refractivity contribution in [2.75, 3.05) is 0 Å². The standard InChI is InChI=1S/C13H18/c1-3-10(2)12-5-4-6-13(9-12)11-7-8-11/h4-6,9-11H,3,7-8H2,1-2H3. The summed E-state index contributed by atoms with van der Waals surface area (Å²) in [6.45, 7) is 4.57. The Morgan fingerprint density at radius 2 is 2.15 bits per heavy atom. The van der Waals surface area contributed by atoms with Gasteiger partial charge in [-0.25, -0.2) is 0 Å². The Labute approximate surface area is 81.0 Å². The van der Waals surface area contributed by atoms with Crippen LogP contribution in [-0.2, 0) is 0 Å². The lowest BCUT2D eigenvalue weighted by atomic mass is 9.96. The Balaban J connectivity index is 2.21. The maximum Gasteiger partial charge on any atom is -0.0161 e. The molecule has 1 aliphatic rings. The quantitative estimate of drug-likeness (QED) is 0.647. The smallest absolute Gasteiger partial charge is 0.0161 e. The first-order valence-corrected chi connectivity index (χ1v) is 5.41. The average Bonchev–Trinajstić information content (AvgIpc) is 3.00. The van der Waals surface area contributed by atoms with Gasteiger partial charge in [-0.3, -0.25) is 0 Å². The van der Waals surface area contributed by atoms with Crippen molar-refractivity contribution in [2.45, 2.75) is 44.9 Å². The first-order valence-electron chi connectivity index (χ1n) is 5.41. The maximum absolute atomic E-state index is 2.41. The van der Waals surface area contributed by atoms with E-state index in [4.69, 9.17) is 0 Å². The summed E-state index contributed by atoms with van der Waals surface area (Å²) >= 11 is 0. The molecule has 1 unspecified atom stereocenters. The highest BCUT2D eigenvalue weighted by molar-refractivity contribution is 5.30. The molecule has 0 bridgehead atoms. The van der Waals surface area contributed by atoms with Crippen LogP contribution in [0.3, 0.4) is 0 Å². The highest BCUT2D eigenvalue weighted by Gasteiger charge is 2.23. The van der Waals surface area contributed by atoms with Crippen molar-refractivity contribution in [3.8, 4) is 0 Å². The predicted octanol–water partition coefficient (Wildman–Crippen LogP) is 4.08. The largest absolute Gasteiger partial charge is 0.0648 e. The molecule has 0 nitrogen and oxygen atoms in total. The van der Waals surface area contributed by atoms with E-state index in [2.05, 4.69) is 38.1 Å². The molecule has 0 spiro atoms. The Hall–Kier alpha value is -0.780. The third kappa shape index (κ3) is 1.93. The SMILES string of the molecule is CCC(C)c1cccc(C2CC2)c1. The number of hydrogen-bond acceptors (Lipinski definition) is 0. The molecular weight excluding hydrogens is 156 g/mol. The van der Waals surface area contributed by atoms with Gasteiger partial charge < -0.3 is 0 Å². The first kappa shape index (κ1) is 8.80.